The van der Waals surface area contributed by atoms with Crippen molar-refractivity contribution in [3.63, 3.8) is 0 Å². The SMILES string of the molecule is CNC(=O)C(C)ON1C=CN(c2ccc(Br)cc2)N1. The summed E-state index contributed by atoms with van der Waals surface area (Å²) in [5, 5.41) is 5.70. The van der Waals surface area contributed by atoms with Gasteiger partial charge < -0.3 is 5.32 Å². The van der Waals surface area contributed by atoms with Crippen molar-refractivity contribution >= 4 is 27.5 Å². The van der Waals surface area contributed by atoms with Gasteiger partial charge in [0.1, 0.15) is 0 Å². The van der Waals surface area contributed by atoms with Crippen LogP contribution in [0.3, 0.4) is 0 Å². The smallest absolute Gasteiger partial charge is 0.251 e. The summed E-state index contributed by atoms with van der Waals surface area (Å²) in [7, 11) is 1.57. The fourth-order valence-corrected chi connectivity index (χ4v) is 1.79. The minimum Gasteiger partial charge on any atom is -0.357 e. The highest BCUT2D eigenvalue weighted by atomic mass is 79.9. The number of rotatable bonds is 4. The number of hydrazine groups is 2. The molecule has 7 heteroatoms. The summed E-state index contributed by atoms with van der Waals surface area (Å²) >= 11 is 3.39. The molecule has 0 saturated carbocycles. The molecular weight excluding hydrogens is 312 g/mol. The summed E-state index contributed by atoms with van der Waals surface area (Å²) in [5.74, 6) is -0.183. The van der Waals surface area contributed by atoms with Gasteiger partial charge >= 0.3 is 0 Å². The van der Waals surface area contributed by atoms with E-state index in [9.17, 15) is 4.79 Å². The summed E-state index contributed by atoms with van der Waals surface area (Å²) in [5.41, 5.74) is 3.93. The van der Waals surface area contributed by atoms with Crippen molar-refractivity contribution in [1.82, 2.24) is 16.0 Å². The summed E-state index contributed by atoms with van der Waals surface area (Å²) in [6.07, 6.45) is 2.92. The molecule has 2 N–H and O–H groups in total. The number of carbonyl (C=O) groups is 1. The molecule has 2 rings (SSSR count). The fraction of sp³-hybridized carbons (Fsp3) is 0.250. The van der Waals surface area contributed by atoms with E-state index in [2.05, 4.69) is 26.8 Å². The van der Waals surface area contributed by atoms with Crippen LogP contribution in [0.1, 0.15) is 6.92 Å². The van der Waals surface area contributed by atoms with Crippen molar-refractivity contribution in [2.24, 2.45) is 0 Å². The van der Waals surface area contributed by atoms with Crippen LogP contribution in [0.15, 0.2) is 41.1 Å². The van der Waals surface area contributed by atoms with Crippen LogP contribution in [0.25, 0.3) is 0 Å². The van der Waals surface area contributed by atoms with Gasteiger partial charge in [0.2, 0.25) is 0 Å². The maximum Gasteiger partial charge on any atom is 0.251 e. The maximum atomic E-state index is 11.4. The summed E-state index contributed by atoms with van der Waals surface area (Å²) in [4.78, 5) is 16.8. The van der Waals surface area contributed by atoms with Crippen molar-refractivity contribution in [3.8, 4) is 0 Å². The van der Waals surface area contributed by atoms with E-state index >= 15 is 0 Å². The minimum atomic E-state index is -0.577. The highest BCUT2D eigenvalue weighted by Crippen LogP contribution is 2.19. The van der Waals surface area contributed by atoms with E-state index in [1.165, 1.54) is 5.17 Å². The molecule has 0 fully saturated rings. The van der Waals surface area contributed by atoms with Gasteiger partial charge in [-0.1, -0.05) is 15.9 Å². The lowest BCUT2D eigenvalue weighted by Crippen LogP contribution is -2.44. The second-order valence-electron chi connectivity index (χ2n) is 3.93. The average molecular weight is 327 g/mol. The number of hydrogen-bond acceptors (Lipinski definition) is 5. The first kappa shape index (κ1) is 13.9. The molecule has 0 aromatic heterocycles. The third-order valence-corrected chi connectivity index (χ3v) is 3.08. The largest absolute Gasteiger partial charge is 0.357 e. The quantitative estimate of drug-likeness (QED) is 0.878. The molecule has 19 heavy (non-hydrogen) atoms. The van der Waals surface area contributed by atoms with E-state index in [1.807, 2.05) is 24.3 Å². The number of nitrogens with one attached hydrogen (secondary N) is 2. The van der Waals surface area contributed by atoms with Crippen LogP contribution in [-0.2, 0) is 9.63 Å². The predicted molar refractivity (Wildman–Crippen MR) is 75.3 cm³/mol. The van der Waals surface area contributed by atoms with Gasteiger partial charge in [0.25, 0.3) is 5.91 Å². The Bertz CT molecular complexity index is 477. The molecule has 1 aromatic rings. The van der Waals surface area contributed by atoms with Crippen LogP contribution >= 0.6 is 15.9 Å². The Morgan fingerprint density at radius 1 is 1.37 bits per heavy atom. The van der Waals surface area contributed by atoms with Crippen LogP contribution in [-0.4, -0.2) is 24.2 Å². The molecule has 1 unspecified atom stereocenters. The summed E-state index contributed by atoms with van der Waals surface area (Å²) in [6, 6.07) is 7.79. The number of anilines is 1. The van der Waals surface area contributed by atoms with Crippen LogP contribution < -0.4 is 15.9 Å². The lowest BCUT2D eigenvalue weighted by atomic mass is 10.3. The van der Waals surface area contributed by atoms with Gasteiger partial charge in [0, 0.05) is 17.7 Å². The topological polar surface area (TPSA) is 56.8 Å². The standard InChI is InChI=1S/C12H15BrN4O2/c1-9(12(18)14-2)19-17-8-7-16(15-17)11-5-3-10(13)4-6-11/h3-9,15H,1-2H3,(H,14,18). The second-order valence-corrected chi connectivity index (χ2v) is 4.85. The first-order valence-electron chi connectivity index (χ1n) is 5.77. The van der Waals surface area contributed by atoms with Crippen molar-refractivity contribution < 1.29 is 9.63 Å². The molecule has 0 aliphatic carbocycles. The molecule has 1 aliphatic heterocycles. The van der Waals surface area contributed by atoms with Gasteiger partial charge in [-0.05, 0) is 31.2 Å². The molecule has 1 atom stereocenters. The molecule has 1 aromatic carbocycles. The molecule has 1 amide bonds. The summed E-state index contributed by atoms with van der Waals surface area (Å²) < 4.78 is 1.01. The zero-order valence-electron chi connectivity index (χ0n) is 10.6. The van der Waals surface area contributed by atoms with Gasteiger partial charge in [-0.2, -0.15) is 5.17 Å². The molecule has 6 nitrogen and oxygen atoms in total. The first-order valence-corrected chi connectivity index (χ1v) is 6.56. The van der Waals surface area contributed by atoms with Crippen LogP contribution in [0.4, 0.5) is 5.69 Å². The third-order valence-electron chi connectivity index (χ3n) is 2.55. The Balaban J connectivity index is 1.92. The van der Waals surface area contributed by atoms with E-state index in [0.717, 1.165) is 10.2 Å². The van der Waals surface area contributed by atoms with E-state index < -0.39 is 6.10 Å². The Hall–Kier alpha value is -1.57. The normalized spacial score (nSPS) is 15.7. The third kappa shape index (κ3) is 3.46. The van der Waals surface area contributed by atoms with Crippen molar-refractivity contribution in [3.05, 3.63) is 41.1 Å². The highest BCUT2D eigenvalue weighted by Gasteiger charge is 2.19. The zero-order valence-corrected chi connectivity index (χ0v) is 12.2. The molecule has 102 valence electrons. The zero-order chi connectivity index (χ0) is 13.8. The van der Waals surface area contributed by atoms with Crippen LogP contribution in [0.2, 0.25) is 0 Å². The Labute approximate surface area is 120 Å². The Morgan fingerprint density at radius 3 is 2.68 bits per heavy atom. The van der Waals surface area contributed by atoms with Crippen LogP contribution in [0, 0.1) is 0 Å². The number of halogens is 1. The van der Waals surface area contributed by atoms with Gasteiger partial charge in [0.05, 0.1) is 11.9 Å². The van der Waals surface area contributed by atoms with Gasteiger partial charge in [-0.15, -0.1) is 5.53 Å². The molecule has 0 bridgehead atoms. The molecule has 0 saturated heterocycles. The molecule has 1 heterocycles. The summed E-state index contributed by atoms with van der Waals surface area (Å²) in [6.45, 7) is 1.68. The van der Waals surface area contributed by atoms with E-state index in [4.69, 9.17) is 4.84 Å². The molecule has 0 spiro atoms. The lowest BCUT2D eigenvalue weighted by Gasteiger charge is -2.23. The molecular formula is C12H15BrN4O2. The van der Waals surface area contributed by atoms with Gasteiger partial charge in [0.15, 0.2) is 6.10 Å². The Morgan fingerprint density at radius 2 is 2.05 bits per heavy atom. The monoisotopic (exact) mass is 326 g/mol. The molecule has 0 radical (unpaired) electrons. The number of likely N-dealkylation sites (N-methyl/N-ethyl adjacent to an activating group) is 1. The lowest BCUT2D eigenvalue weighted by molar-refractivity contribution is -0.191. The fourth-order valence-electron chi connectivity index (χ4n) is 1.53. The van der Waals surface area contributed by atoms with Gasteiger partial charge in [-0.25, -0.2) is 4.84 Å². The average Bonchev–Trinajstić information content (AvgIpc) is 2.87. The maximum absolute atomic E-state index is 11.4. The van der Waals surface area contributed by atoms with Crippen molar-refractivity contribution in [2.45, 2.75) is 13.0 Å². The second kappa shape index (κ2) is 6.05. The van der Waals surface area contributed by atoms with E-state index in [0.29, 0.717) is 0 Å². The van der Waals surface area contributed by atoms with Crippen molar-refractivity contribution in [2.75, 3.05) is 12.1 Å². The van der Waals surface area contributed by atoms with Crippen LogP contribution in [0.5, 0.6) is 0 Å². The number of hydrogen-bond donors (Lipinski definition) is 2. The van der Waals surface area contributed by atoms with E-state index in [-0.39, 0.29) is 5.91 Å². The predicted octanol–water partition coefficient (Wildman–Crippen LogP) is 1.53. The molecule has 1 aliphatic rings. The van der Waals surface area contributed by atoms with Crippen molar-refractivity contribution in [1.29, 1.82) is 0 Å². The Kier molecular flexibility index (Phi) is 4.41. The highest BCUT2D eigenvalue weighted by molar-refractivity contribution is 9.10. The number of carbonyl (C=O) groups excluding carboxylic acids is 1. The minimum absolute atomic E-state index is 0.183. The first-order chi connectivity index (χ1) is 9.10. The number of nitrogens with zero attached hydrogens (tertiary/aromatic N) is 2. The number of benzene rings is 1. The number of amides is 1. The van der Waals surface area contributed by atoms with Gasteiger partial charge in [-0.3, -0.25) is 9.80 Å². The number of hydroxylamine groups is 1. The van der Waals surface area contributed by atoms with E-state index in [1.54, 1.807) is 31.4 Å².